The van der Waals surface area contributed by atoms with E-state index in [-0.39, 0.29) is 6.42 Å². The fraction of sp³-hybridized carbons (Fsp3) is 0.300. The second-order valence-corrected chi connectivity index (χ2v) is 4.41. The van der Waals surface area contributed by atoms with E-state index in [9.17, 15) is 18.0 Å². The van der Waals surface area contributed by atoms with Crippen LogP contribution in [0.2, 0.25) is 0 Å². The van der Waals surface area contributed by atoms with E-state index in [0.717, 1.165) is 12.1 Å². The summed E-state index contributed by atoms with van der Waals surface area (Å²) in [7, 11) is 0. The molecule has 0 amide bonds. The van der Waals surface area contributed by atoms with Crippen LogP contribution in [0.25, 0.3) is 0 Å². The highest BCUT2D eigenvalue weighted by atomic mass is 79.9. The van der Waals surface area contributed by atoms with Gasteiger partial charge in [0.05, 0.1) is 0 Å². The first kappa shape index (κ1) is 14.8. The van der Waals surface area contributed by atoms with Gasteiger partial charge in [-0.25, -0.2) is 0 Å². The van der Waals surface area contributed by atoms with Crippen LogP contribution in [0, 0.1) is 0 Å². The normalized spacial score (nSPS) is 13.2. The first-order valence-electron chi connectivity index (χ1n) is 4.71. The van der Waals surface area contributed by atoms with Crippen LogP contribution in [0.3, 0.4) is 0 Å². The van der Waals surface area contributed by atoms with E-state index in [4.69, 9.17) is 10.8 Å². The lowest BCUT2D eigenvalue weighted by atomic mass is 10.1. The number of carboxylic acids is 1. The molecule has 3 N–H and O–H groups in total. The number of nitrogens with two attached hydrogens (primary N) is 1. The van der Waals surface area contributed by atoms with E-state index in [0.29, 0.717) is 10.0 Å². The molecular weight excluding hydrogens is 319 g/mol. The fourth-order valence-corrected chi connectivity index (χ4v) is 1.79. The summed E-state index contributed by atoms with van der Waals surface area (Å²) in [6.07, 6.45) is -4.89. The van der Waals surface area contributed by atoms with Crippen molar-refractivity contribution in [2.75, 3.05) is 0 Å². The molecule has 0 spiro atoms. The second-order valence-electron chi connectivity index (χ2n) is 3.49. The summed E-state index contributed by atoms with van der Waals surface area (Å²) in [5.41, 5.74) is 5.63. The van der Waals surface area contributed by atoms with Gasteiger partial charge in [0.2, 0.25) is 0 Å². The first-order valence-corrected chi connectivity index (χ1v) is 5.50. The molecule has 0 aromatic heterocycles. The highest BCUT2D eigenvalue weighted by molar-refractivity contribution is 9.10. The molecule has 1 aromatic rings. The predicted molar refractivity (Wildman–Crippen MR) is 60.1 cm³/mol. The molecule has 1 atom stereocenters. The van der Waals surface area contributed by atoms with Crippen LogP contribution < -0.4 is 10.5 Å². The molecule has 0 aliphatic carbocycles. The van der Waals surface area contributed by atoms with Crippen LogP contribution in [0.4, 0.5) is 13.2 Å². The van der Waals surface area contributed by atoms with Crippen molar-refractivity contribution in [1.29, 1.82) is 0 Å². The number of carboxylic acid groups (broad SMARTS) is 1. The van der Waals surface area contributed by atoms with E-state index in [1.54, 1.807) is 0 Å². The standard InChI is InChI=1S/C10H9BrF3NO3/c11-6-1-5(3-8(15)9(16)17)2-7(4-6)18-10(12,13)14/h1-2,4,8H,3,15H2,(H,16,17). The molecule has 0 heterocycles. The smallest absolute Gasteiger partial charge is 0.480 e. The molecule has 0 aliphatic rings. The van der Waals surface area contributed by atoms with Gasteiger partial charge in [0.25, 0.3) is 0 Å². The summed E-state index contributed by atoms with van der Waals surface area (Å²) >= 11 is 3.01. The highest BCUT2D eigenvalue weighted by Crippen LogP contribution is 2.27. The van der Waals surface area contributed by atoms with Gasteiger partial charge in [-0.15, -0.1) is 13.2 Å². The second kappa shape index (κ2) is 5.57. The zero-order valence-electron chi connectivity index (χ0n) is 8.87. The Morgan fingerprint density at radius 1 is 1.44 bits per heavy atom. The Labute approximate surface area is 109 Å². The number of hydrogen-bond acceptors (Lipinski definition) is 3. The topological polar surface area (TPSA) is 72.5 Å². The third kappa shape index (κ3) is 4.92. The van der Waals surface area contributed by atoms with E-state index < -0.39 is 24.1 Å². The van der Waals surface area contributed by atoms with Crippen LogP contribution in [0.15, 0.2) is 22.7 Å². The molecule has 8 heteroatoms. The third-order valence-electron chi connectivity index (χ3n) is 1.94. The number of halogens is 4. The zero-order chi connectivity index (χ0) is 13.9. The van der Waals surface area contributed by atoms with Crippen molar-refractivity contribution < 1.29 is 27.8 Å². The SMILES string of the molecule is NC(Cc1cc(Br)cc(OC(F)(F)F)c1)C(=O)O. The minimum absolute atomic E-state index is 0.0943. The minimum Gasteiger partial charge on any atom is -0.480 e. The lowest BCUT2D eigenvalue weighted by Gasteiger charge is -2.12. The minimum atomic E-state index is -4.80. The lowest BCUT2D eigenvalue weighted by molar-refractivity contribution is -0.274. The number of ether oxygens (including phenoxy) is 1. The Kier molecular flexibility index (Phi) is 4.58. The van der Waals surface area contributed by atoms with Gasteiger partial charge in [-0.1, -0.05) is 15.9 Å². The molecule has 1 aromatic carbocycles. The Balaban J connectivity index is 2.90. The van der Waals surface area contributed by atoms with Gasteiger partial charge in [-0.2, -0.15) is 0 Å². The fourth-order valence-electron chi connectivity index (χ4n) is 1.27. The monoisotopic (exact) mass is 327 g/mol. The maximum Gasteiger partial charge on any atom is 0.573 e. The summed E-state index contributed by atoms with van der Waals surface area (Å²) in [5.74, 6) is -1.65. The Hall–Kier alpha value is -1.28. The number of carbonyl (C=O) groups is 1. The van der Waals surface area contributed by atoms with Crippen LogP contribution in [-0.4, -0.2) is 23.5 Å². The van der Waals surface area contributed by atoms with Crippen molar-refractivity contribution >= 4 is 21.9 Å². The van der Waals surface area contributed by atoms with Crippen molar-refractivity contribution in [3.8, 4) is 5.75 Å². The largest absolute Gasteiger partial charge is 0.573 e. The summed E-state index contributed by atoms with van der Waals surface area (Å²) in [5, 5.41) is 8.62. The number of alkyl halides is 3. The summed E-state index contributed by atoms with van der Waals surface area (Å²) in [6, 6.07) is 2.52. The molecule has 4 nitrogen and oxygen atoms in total. The molecule has 0 saturated carbocycles. The lowest BCUT2D eigenvalue weighted by Crippen LogP contribution is -2.32. The number of hydrogen-bond donors (Lipinski definition) is 2. The van der Waals surface area contributed by atoms with Crippen molar-refractivity contribution in [2.24, 2.45) is 5.73 Å². The Morgan fingerprint density at radius 3 is 2.56 bits per heavy atom. The van der Waals surface area contributed by atoms with Crippen molar-refractivity contribution in [3.63, 3.8) is 0 Å². The number of aliphatic carboxylic acids is 1. The van der Waals surface area contributed by atoms with Gasteiger partial charge in [-0.05, 0) is 30.2 Å². The molecule has 0 saturated heterocycles. The molecule has 0 radical (unpaired) electrons. The molecule has 1 rings (SSSR count). The van der Waals surface area contributed by atoms with Gasteiger partial charge in [0.15, 0.2) is 0 Å². The molecule has 18 heavy (non-hydrogen) atoms. The molecule has 0 bridgehead atoms. The third-order valence-corrected chi connectivity index (χ3v) is 2.40. The molecule has 0 fully saturated rings. The summed E-state index contributed by atoms with van der Waals surface area (Å²) in [6.45, 7) is 0. The van der Waals surface area contributed by atoms with Gasteiger partial charge in [-0.3, -0.25) is 4.79 Å². The number of rotatable bonds is 4. The quantitative estimate of drug-likeness (QED) is 0.890. The molecule has 0 aliphatic heterocycles. The average molecular weight is 328 g/mol. The highest BCUT2D eigenvalue weighted by Gasteiger charge is 2.31. The molecule has 100 valence electrons. The average Bonchev–Trinajstić information content (AvgIpc) is 2.12. The van der Waals surface area contributed by atoms with Crippen molar-refractivity contribution in [3.05, 3.63) is 28.2 Å². The van der Waals surface area contributed by atoms with Gasteiger partial charge in [0, 0.05) is 4.47 Å². The Morgan fingerprint density at radius 2 is 2.06 bits per heavy atom. The predicted octanol–water partition coefficient (Wildman–Crippen LogP) is 2.30. The van der Waals surface area contributed by atoms with Crippen molar-refractivity contribution in [1.82, 2.24) is 0 Å². The summed E-state index contributed by atoms with van der Waals surface area (Å²) in [4.78, 5) is 10.6. The van der Waals surface area contributed by atoms with E-state index in [1.807, 2.05) is 0 Å². The van der Waals surface area contributed by atoms with Crippen LogP contribution in [0.5, 0.6) is 5.75 Å². The first-order chi connectivity index (χ1) is 8.17. The van der Waals surface area contributed by atoms with Crippen molar-refractivity contribution in [2.45, 2.75) is 18.8 Å². The van der Waals surface area contributed by atoms with Gasteiger partial charge >= 0.3 is 12.3 Å². The van der Waals surface area contributed by atoms with Gasteiger partial charge in [0.1, 0.15) is 11.8 Å². The molecular formula is C10H9BrF3NO3. The van der Waals surface area contributed by atoms with Crippen LogP contribution in [-0.2, 0) is 11.2 Å². The number of benzene rings is 1. The summed E-state index contributed by atoms with van der Waals surface area (Å²) < 4.78 is 40.2. The molecule has 1 unspecified atom stereocenters. The van der Waals surface area contributed by atoms with E-state index >= 15 is 0 Å². The van der Waals surface area contributed by atoms with Crippen LogP contribution in [0.1, 0.15) is 5.56 Å². The van der Waals surface area contributed by atoms with E-state index in [2.05, 4.69) is 20.7 Å². The maximum absolute atomic E-state index is 12.0. The zero-order valence-corrected chi connectivity index (χ0v) is 10.5. The van der Waals surface area contributed by atoms with E-state index in [1.165, 1.54) is 6.07 Å². The van der Waals surface area contributed by atoms with Crippen LogP contribution >= 0.6 is 15.9 Å². The van der Waals surface area contributed by atoms with Gasteiger partial charge < -0.3 is 15.6 Å². The Bertz CT molecular complexity index is 450. The maximum atomic E-state index is 12.0.